The second-order valence-corrected chi connectivity index (χ2v) is 6.68. The molecule has 19 heavy (non-hydrogen) atoms. The highest BCUT2D eigenvalue weighted by Crippen LogP contribution is 2.37. The molecule has 1 aliphatic heterocycles. The maximum absolute atomic E-state index is 13.9. The largest absolute Gasteiger partial charge is 0.314 e. The molecule has 0 atom stereocenters. The fourth-order valence-corrected chi connectivity index (χ4v) is 3.94. The van der Waals surface area contributed by atoms with Gasteiger partial charge in [0, 0.05) is 41.8 Å². The Labute approximate surface area is 122 Å². The lowest BCUT2D eigenvalue weighted by atomic mass is 9.92. The highest BCUT2D eigenvalue weighted by molar-refractivity contribution is 9.10. The fraction of sp³-hybridized carbons (Fsp3) is 0.600. The molecule has 1 aromatic carbocycles. The van der Waals surface area contributed by atoms with E-state index in [-0.39, 0.29) is 11.4 Å². The summed E-state index contributed by atoms with van der Waals surface area (Å²) in [6.07, 6.45) is 5.10. The molecule has 2 fully saturated rings. The Morgan fingerprint density at radius 2 is 2.11 bits per heavy atom. The fourth-order valence-electron chi connectivity index (χ4n) is 3.53. The zero-order valence-corrected chi connectivity index (χ0v) is 12.7. The zero-order valence-electron chi connectivity index (χ0n) is 11.1. The predicted octanol–water partition coefficient (Wildman–Crippen LogP) is 3.31. The summed E-state index contributed by atoms with van der Waals surface area (Å²) in [5.74, 6) is -0.0881. The van der Waals surface area contributed by atoms with Crippen LogP contribution in [0.4, 0.5) is 4.39 Å². The van der Waals surface area contributed by atoms with Gasteiger partial charge in [0.15, 0.2) is 0 Å². The first-order valence-corrected chi connectivity index (χ1v) is 7.89. The number of rotatable bonds is 2. The molecule has 0 aromatic heterocycles. The Kier molecular flexibility index (Phi) is 3.92. The van der Waals surface area contributed by atoms with E-state index in [1.165, 1.54) is 25.7 Å². The third kappa shape index (κ3) is 2.71. The summed E-state index contributed by atoms with van der Waals surface area (Å²) in [4.78, 5) is 2.50. The van der Waals surface area contributed by atoms with E-state index in [0.717, 1.165) is 36.2 Å². The predicted molar refractivity (Wildman–Crippen MR) is 78.6 cm³/mol. The van der Waals surface area contributed by atoms with Crippen LogP contribution in [-0.4, -0.2) is 30.1 Å². The van der Waals surface area contributed by atoms with Crippen molar-refractivity contribution in [3.05, 3.63) is 34.1 Å². The van der Waals surface area contributed by atoms with E-state index in [2.05, 4.69) is 26.1 Å². The summed E-state index contributed by atoms with van der Waals surface area (Å²) in [6.45, 7) is 3.82. The first-order chi connectivity index (χ1) is 9.20. The molecule has 1 aromatic rings. The summed E-state index contributed by atoms with van der Waals surface area (Å²) in [5, 5.41) is 3.51. The lowest BCUT2D eigenvalue weighted by molar-refractivity contribution is 0.0562. The summed E-state index contributed by atoms with van der Waals surface area (Å²) in [5.41, 5.74) is 1.08. The summed E-state index contributed by atoms with van der Waals surface area (Å²) in [7, 11) is 0. The Bertz CT molecular complexity index is 457. The van der Waals surface area contributed by atoms with Crippen molar-refractivity contribution >= 4 is 15.9 Å². The van der Waals surface area contributed by atoms with Crippen molar-refractivity contribution in [3.8, 4) is 0 Å². The topological polar surface area (TPSA) is 15.3 Å². The van der Waals surface area contributed by atoms with E-state index < -0.39 is 0 Å². The Morgan fingerprint density at radius 3 is 2.89 bits per heavy atom. The third-order valence-electron chi connectivity index (χ3n) is 4.59. The van der Waals surface area contributed by atoms with Gasteiger partial charge in [-0.2, -0.15) is 0 Å². The van der Waals surface area contributed by atoms with Gasteiger partial charge in [0.05, 0.1) is 0 Å². The van der Waals surface area contributed by atoms with Crippen molar-refractivity contribution in [1.29, 1.82) is 0 Å². The molecule has 0 bridgehead atoms. The molecule has 1 saturated heterocycles. The number of hydrogen-bond acceptors (Lipinski definition) is 2. The molecule has 0 radical (unpaired) electrons. The van der Waals surface area contributed by atoms with Gasteiger partial charge in [-0.25, -0.2) is 4.39 Å². The zero-order chi connectivity index (χ0) is 13.3. The van der Waals surface area contributed by atoms with E-state index in [0.29, 0.717) is 0 Å². The molecule has 0 unspecified atom stereocenters. The first kappa shape index (κ1) is 13.5. The van der Waals surface area contributed by atoms with Gasteiger partial charge in [-0.15, -0.1) is 0 Å². The second-order valence-electron chi connectivity index (χ2n) is 5.77. The van der Waals surface area contributed by atoms with Crippen molar-refractivity contribution in [3.63, 3.8) is 0 Å². The molecule has 1 saturated carbocycles. The SMILES string of the molecule is Fc1ccc(Br)cc1CN1CCNCC12CCCC2. The van der Waals surface area contributed by atoms with Gasteiger partial charge in [-0.1, -0.05) is 28.8 Å². The van der Waals surface area contributed by atoms with Crippen LogP contribution in [0.1, 0.15) is 31.2 Å². The van der Waals surface area contributed by atoms with Crippen molar-refractivity contribution < 1.29 is 4.39 Å². The average molecular weight is 327 g/mol. The molecule has 1 spiro atoms. The Balaban J connectivity index is 1.82. The highest BCUT2D eigenvalue weighted by Gasteiger charge is 2.41. The molecule has 1 heterocycles. The van der Waals surface area contributed by atoms with Crippen molar-refractivity contribution in [2.45, 2.75) is 37.8 Å². The van der Waals surface area contributed by atoms with Gasteiger partial charge in [0.1, 0.15) is 5.82 Å². The molecular formula is C15H20BrFN2. The van der Waals surface area contributed by atoms with Crippen LogP contribution in [0.15, 0.2) is 22.7 Å². The molecule has 2 nitrogen and oxygen atoms in total. The summed E-state index contributed by atoms with van der Waals surface area (Å²) in [6, 6.07) is 5.24. The normalized spacial score (nSPS) is 23.1. The van der Waals surface area contributed by atoms with Crippen LogP contribution in [-0.2, 0) is 6.54 Å². The van der Waals surface area contributed by atoms with Gasteiger partial charge in [0.2, 0.25) is 0 Å². The number of piperazine rings is 1. The minimum absolute atomic E-state index is 0.0881. The molecular weight excluding hydrogens is 307 g/mol. The first-order valence-electron chi connectivity index (χ1n) is 7.09. The Morgan fingerprint density at radius 1 is 1.32 bits per heavy atom. The monoisotopic (exact) mass is 326 g/mol. The minimum atomic E-state index is -0.0881. The average Bonchev–Trinajstić information content (AvgIpc) is 2.86. The van der Waals surface area contributed by atoms with E-state index in [1.807, 2.05) is 6.07 Å². The van der Waals surface area contributed by atoms with Crippen LogP contribution < -0.4 is 5.32 Å². The van der Waals surface area contributed by atoms with Crippen LogP contribution in [0.2, 0.25) is 0 Å². The van der Waals surface area contributed by atoms with Gasteiger partial charge < -0.3 is 5.32 Å². The number of nitrogens with zero attached hydrogens (tertiary/aromatic N) is 1. The van der Waals surface area contributed by atoms with Crippen LogP contribution >= 0.6 is 15.9 Å². The smallest absolute Gasteiger partial charge is 0.127 e. The Hall–Kier alpha value is -0.450. The quantitative estimate of drug-likeness (QED) is 0.897. The van der Waals surface area contributed by atoms with Crippen LogP contribution in [0, 0.1) is 5.82 Å². The van der Waals surface area contributed by atoms with Gasteiger partial charge in [-0.3, -0.25) is 4.90 Å². The number of halogens is 2. The molecule has 2 aliphatic rings. The van der Waals surface area contributed by atoms with Crippen molar-refractivity contribution in [2.75, 3.05) is 19.6 Å². The maximum Gasteiger partial charge on any atom is 0.127 e. The number of nitrogens with one attached hydrogen (secondary N) is 1. The lowest BCUT2D eigenvalue weighted by Gasteiger charge is -2.45. The molecule has 1 aliphatic carbocycles. The number of benzene rings is 1. The maximum atomic E-state index is 13.9. The highest BCUT2D eigenvalue weighted by atomic mass is 79.9. The van der Waals surface area contributed by atoms with Gasteiger partial charge in [-0.05, 0) is 31.0 Å². The minimum Gasteiger partial charge on any atom is -0.314 e. The second kappa shape index (κ2) is 5.51. The number of hydrogen-bond donors (Lipinski definition) is 1. The van der Waals surface area contributed by atoms with Crippen LogP contribution in [0.3, 0.4) is 0 Å². The molecule has 4 heteroatoms. The van der Waals surface area contributed by atoms with Gasteiger partial charge in [0.25, 0.3) is 0 Å². The van der Waals surface area contributed by atoms with E-state index in [1.54, 1.807) is 12.1 Å². The lowest BCUT2D eigenvalue weighted by Crippen LogP contribution is -2.59. The summed E-state index contributed by atoms with van der Waals surface area (Å²) >= 11 is 3.44. The van der Waals surface area contributed by atoms with Crippen molar-refractivity contribution in [2.24, 2.45) is 0 Å². The molecule has 104 valence electrons. The van der Waals surface area contributed by atoms with Crippen molar-refractivity contribution in [1.82, 2.24) is 10.2 Å². The molecule has 3 rings (SSSR count). The van der Waals surface area contributed by atoms with Gasteiger partial charge >= 0.3 is 0 Å². The third-order valence-corrected chi connectivity index (χ3v) is 5.08. The van der Waals surface area contributed by atoms with Crippen LogP contribution in [0.5, 0.6) is 0 Å². The molecule has 0 amide bonds. The molecule has 1 N–H and O–H groups in total. The standard InChI is InChI=1S/C15H20BrFN2/c16-13-3-4-14(17)12(9-13)10-19-8-7-18-11-15(19)5-1-2-6-15/h3-4,9,18H,1-2,5-8,10-11H2. The summed E-state index contributed by atoms with van der Waals surface area (Å²) < 4.78 is 14.9. The van der Waals surface area contributed by atoms with Crippen LogP contribution in [0.25, 0.3) is 0 Å². The van der Waals surface area contributed by atoms with E-state index in [9.17, 15) is 4.39 Å². The van der Waals surface area contributed by atoms with E-state index >= 15 is 0 Å². The van der Waals surface area contributed by atoms with E-state index in [4.69, 9.17) is 0 Å².